The Morgan fingerprint density at radius 2 is 2.00 bits per heavy atom. The number of hydrogen-bond donors (Lipinski definition) is 0. The smallest absolute Gasteiger partial charge is 0.0793 e. The first kappa shape index (κ1) is 19.6. The predicted molar refractivity (Wildman–Crippen MR) is 115 cm³/mol. The third-order valence-corrected chi connectivity index (χ3v) is 9.58. The number of allylic oxidation sites excluding steroid dienone is 1. The van der Waals surface area contributed by atoms with Crippen LogP contribution in [0.3, 0.4) is 0 Å². The van der Waals surface area contributed by atoms with Crippen molar-refractivity contribution in [3.63, 3.8) is 0 Å². The molecule has 0 aromatic carbocycles. The number of hydrogen-bond acceptors (Lipinski definition) is 1. The van der Waals surface area contributed by atoms with Crippen LogP contribution in [-0.2, 0) is 4.52 Å². The molecule has 24 heavy (non-hydrogen) atoms. The average Bonchev–Trinajstić information content (AvgIpc) is 2.89. The van der Waals surface area contributed by atoms with Crippen LogP contribution in [0.25, 0.3) is 0 Å². The Morgan fingerprint density at radius 1 is 1.21 bits per heavy atom. The van der Waals surface area contributed by atoms with E-state index in [0.29, 0.717) is 17.3 Å². The zero-order valence-corrected chi connectivity index (χ0v) is 19.0. The summed E-state index contributed by atoms with van der Waals surface area (Å²) in [4.78, 5) is 0. The Bertz CT molecular complexity index is 467. The summed E-state index contributed by atoms with van der Waals surface area (Å²) in [6, 6.07) is 0. The van der Waals surface area contributed by atoms with Gasteiger partial charge < -0.3 is 4.52 Å². The van der Waals surface area contributed by atoms with E-state index in [1.807, 2.05) is 0 Å². The summed E-state index contributed by atoms with van der Waals surface area (Å²) in [5, 5.41) is 0. The standard InChI is InChI=1S/C21H36IOP/c1-5-12-21(14-23-24-22)16(6-2)8-9-17-18-10-7-15(3)20(18,4)13-11-19(17)21/h16-19,24H,3,5-14H2,1-2,4H3. The number of halogens is 1. The highest BCUT2D eigenvalue weighted by Crippen LogP contribution is 2.66. The molecule has 0 aromatic heterocycles. The van der Waals surface area contributed by atoms with Crippen LogP contribution in [0.15, 0.2) is 12.2 Å². The van der Waals surface area contributed by atoms with Gasteiger partial charge in [-0.2, -0.15) is 0 Å². The molecule has 0 amide bonds. The molecule has 3 aliphatic rings. The van der Waals surface area contributed by atoms with Gasteiger partial charge in [0, 0.05) is 0 Å². The zero-order chi connectivity index (χ0) is 17.4. The molecule has 1 nitrogen and oxygen atoms in total. The molecule has 3 rings (SSSR count). The highest BCUT2D eigenvalue weighted by molar-refractivity contribution is 14.2. The molecule has 3 fully saturated rings. The van der Waals surface area contributed by atoms with Crippen LogP contribution in [0.1, 0.15) is 78.6 Å². The highest BCUT2D eigenvalue weighted by Gasteiger charge is 2.58. The average molecular weight is 462 g/mol. The second-order valence-corrected chi connectivity index (χ2v) is 10.8. The fourth-order valence-electron chi connectivity index (χ4n) is 7.22. The summed E-state index contributed by atoms with van der Waals surface area (Å²) in [6.07, 6.45) is 12.4. The Morgan fingerprint density at radius 3 is 2.67 bits per heavy atom. The minimum atomic E-state index is 0.448. The van der Waals surface area contributed by atoms with Gasteiger partial charge in [0.2, 0.25) is 0 Å². The summed E-state index contributed by atoms with van der Waals surface area (Å²) in [5.74, 6) is 3.60. The SMILES string of the molecule is C=C1CCC2C3CCC(CC)C(CCC)(COPI)C3CCC12C. The summed E-state index contributed by atoms with van der Waals surface area (Å²) < 4.78 is 6.16. The molecule has 138 valence electrons. The lowest BCUT2D eigenvalue weighted by Crippen LogP contribution is -2.54. The summed E-state index contributed by atoms with van der Waals surface area (Å²) in [6.45, 7) is 13.5. The highest BCUT2D eigenvalue weighted by atomic mass is 127. The third-order valence-electron chi connectivity index (χ3n) is 8.40. The maximum atomic E-state index is 6.16. The molecule has 0 aliphatic heterocycles. The molecule has 7 atom stereocenters. The van der Waals surface area contributed by atoms with E-state index in [2.05, 4.69) is 49.4 Å². The molecule has 3 aliphatic carbocycles. The van der Waals surface area contributed by atoms with Gasteiger partial charge in [0.25, 0.3) is 0 Å². The summed E-state index contributed by atoms with van der Waals surface area (Å²) in [5.41, 5.74) is 2.47. The van der Waals surface area contributed by atoms with Gasteiger partial charge in [-0.3, -0.25) is 0 Å². The maximum Gasteiger partial charge on any atom is 0.0793 e. The minimum absolute atomic E-state index is 0.448. The molecule has 0 N–H and O–H groups in total. The second-order valence-electron chi connectivity index (χ2n) is 9.01. The van der Waals surface area contributed by atoms with Crippen molar-refractivity contribution in [3.8, 4) is 0 Å². The molecule has 0 heterocycles. The van der Waals surface area contributed by atoms with Crippen LogP contribution in [0.5, 0.6) is 0 Å². The molecular formula is C21H36IOP. The van der Waals surface area contributed by atoms with E-state index < -0.39 is 0 Å². The van der Waals surface area contributed by atoms with Crippen molar-refractivity contribution in [1.29, 1.82) is 0 Å². The van der Waals surface area contributed by atoms with Crippen LogP contribution < -0.4 is 0 Å². The molecule has 7 unspecified atom stereocenters. The largest absolute Gasteiger partial charge is 0.351 e. The van der Waals surface area contributed by atoms with Gasteiger partial charge in [-0.25, -0.2) is 0 Å². The van der Waals surface area contributed by atoms with Gasteiger partial charge in [0.05, 0.1) is 13.1 Å². The van der Waals surface area contributed by atoms with Gasteiger partial charge in [-0.05, 0) is 101 Å². The molecule has 0 spiro atoms. The van der Waals surface area contributed by atoms with Gasteiger partial charge >= 0.3 is 0 Å². The van der Waals surface area contributed by atoms with Crippen molar-refractivity contribution < 1.29 is 4.52 Å². The second kappa shape index (κ2) is 7.85. The number of rotatable bonds is 6. The van der Waals surface area contributed by atoms with Crippen LogP contribution in [0.4, 0.5) is 0 Å². The lowest BCUT2D eigenvalue weighted by atomic mass is 9.46. The number of fused-ring (bicyclic) bond motifs is 3. The van der Waals surface area contributed by atoms with E-state index >= 15 is 0 Å². The Balaban J connectivity index is 1.93. The minimum Gasteiger partial charge on any atom is -0.351 e. The molecular weight excluding hydrogens is 426 g/mol. The Hall–Kier alpha value is 0.860. The van der Waals surface area contributed by atoms with Gasteiger partial charge in [0.15, 0.2) is 0 Å². The lowest BCUT2D eigenvalue weighted by Gasteiger charge is -2.59. The molecule has 3 saturated carbocycles. The van der Waals surface area contributed by atoms with Crippen LogP contribution in [0.2, 0.25) is 0 Å². The molecule has 3 heteroatoms. The fraction of sp³-hybridized carbons (Fsp3) is 0.905. The van der Waals surface area contributed by atoms with Gasteiger partial charge in [-0.15, -0.1) is 0 Å². The van der Waals surface area contributed by atoms with Gasteiger partial charge in [0.1, 0.15) is 0 Å². The van der Waals surface area contributed by atoms with Crippen LogP contribution in [-0.4, -0.2) is 6.61 Å². The van der Waals surface area contributed by atoms with Crippen molar-refractivity contribution in [2.24, 2.45) is 34.5 Å². The van der Waals surface area contributed by atoms with Crippen LogP contribution in [0, 0.1) is 34.5 Å². The van der Waals surface area contributed by atoms with Crippen molar-refractivity contribution in [2.45, 2.75) is 78.6 Å². The van der Waals surface area contributed by atoms with Crippen LogP contribution >= 0.6 is 28.5 Å². The summed E-state index contributed by atoms with van der Waals surface area (Å²) >= 11 is 2.41. The molecule has 0 radical (unpaired) electrons. The zero-order valence-electron chi connectivity index (χ0n) is 15.9. The quantitative estimate of drug-likeness (QED) is 0.225. The van der Waals surface area contributed by atoms with E-state index in [0.717, 1.165) is 30.3 Å². The summed E-state index contributed by atoms with van der Waals surface area (Å²) in [7, 11) is 0. The van der Waals surface area contributed by atoms with Crippen molar-refractivity contribution >= 4 is 28.5 Å². The van der Waals surface area contributed by atoms with Crippen molar-refractivity contribution in [1.82, 2.24) is 0 Å². The fourth-order valence-corrected chi connectivity index (χ4v) is 8.01. The van der Waals surface area contributed by atoms with E-state index in [4.69, 9.17) is 4.52 Å². The first-order valence-electron chi connectivity index (χ1n) is 10.2. The van der Waals surface area contributed by atoms with Gasteiger partial charge in [-0.1, -0.05) is 45.8 Å². The van der Waals surface area contributed by atoms with E-state index in [9.17, 15) is 0 Å². The first-order valence-corrected chi connectivity index (χ1v) is 14.2. The Labute approximate surface area is 164 Å². The molecule has 0 aromatic rings. The first-order chi connectivity index (χ1) is 11.5. The normalized spacial score (nSPS) is 45.6. The van der Waals surface area contributed by atoms with Crippen molar-refractivity contribution in [2.75, 3.05) is 6.61 Å². The predicted octanol–water partition coefficient (Wildman–Crippen LogP) is 7.55. The van der Waals surface area contributed by atoms with E-state index in [1.54, 1.807) is 5.57 Å². The molecule has 0 saturated heterocycles. The maximum absolute atomic E-state index is 6.16. The monoisotopic (exact) mass is 462 g/mol. The molecule has 0 bridgehead atoms. The third kappa shape index (κ3) is 3.05. The topological polar surface area (TPSA) is 9.23 Å². The van der Waals surface area contributed by atoms with Crippen molar-refractivity contribution in [3.05, 3.63) is 12.2 Å². The van der Waals surface area contributed by atoms with E-state index in [-0.39, 0.29) is 0 Å². The van der Waals surface area contributed by atoms with E-state index in [1.165, 1.54) is 57.8 Å². The lowest BCUT2D eigenvalue weighted by molar-refractivity contribution is -0.112. The Kier molecular flexibility index (Phi) is 6.41.